The maximum atomic E-state index is 13.8. The third-order valence-electron chi connectivity index (χ3n) is 7.15. The molecule has 2 aromatic carbocycles. The van der Waals surface area contributed by atoms with E-state index in [4.69, 9.17) is 9.47 Å². The molecule has 0 radical (unpaired) electrons. The molecule has 0 unspecified atom stereocenters. The number of hydrogen-bond donors (Lipinski definition) is 1. The Bertz CT molecular complexity index is 984. The summed E-state index contributed by atoms with van der Waals surface area (Å²) >= 11 is 0. The number of hydrogen-bond acceptors (Lipinski definition) is 5. The van der Waals surface area contributed by atoms with Crippen molar-refractivity contribution >= 4 is 17.6 Å². The number of rotatable bonds is 9. The number of para-hydroxylation sites is 2. The van der Waals surface area contributed by atoms with Crippen molar-refractivity contribution in [3.8, 4) is 5.75 Å². The molecule has 1 saturated carbocycles. The van der Waals surface area contributed by atoms with Crippen LogP contribution in [-0.4, -0.2) is 37.2 Å². The van der Waals surface area contributed by atoms with Crippen molar-refractivity contribution in [1.82, 2.24) is 5.32 Å². The Balaban J connectivity index is 1.53. The molecule has 1 N–H and O–H groups in total. The van der Waals surface area contributed by atoms with Crippen LogP contribution < -0.4 is 15.0 Å². The molecule has 2 atom stereocenters. The quantitative estimate of drug-likeness (QED) is 0.504. The van der Waals surface area contributed by atoms with Crippen molar-refractivity contribution in [2.24, 2.45) is 5.92 Å². The molecule has 1 fully saturated rings. The first-order valence-corrected chi connectivity index (χ1v) is 13.1. The molecule has 2 aliphatic rings. The molecule has 1 aliphatic carbocycles. The van der Waals surface area contributed by atoms with Crippen LogP contribution in [0, 0.1) is 12.8 Å². The van der Waals surface area contributed by atoms with Gasteiger partial charge in [0, 0.05) is 0 Å². The summed E-state index contributed by atoms with van der Waals surface area (Å²) in [7, 11) is 0. The van der Waals surface area contributed by atoms with Crippen molar-refractivity contribution in [3.63, 3.8) is 0 Å². The van der Waals surface area contributed by atoms with E-state index >= 15 is 0 Å². The number of fused-ring (bicyclic) bond motifs is 1. The first kappa shape index (κ1) is 25.2. The van der Waals surface area contributed by atoms with Crippen LogP contribution in [0.25, 0.3) is 0 Å². The first-order valence-electron chi connectivity index (χ1n) is 13.1. The zero-order chi connectivity index (χ0) is 24.6. The zero-order valence-corrected chi connectivity index (χ0v) is 21.0. The maximum Gasteiger partial charge on any atom is 0.323 e. The highest BCUT2D eigenvalue weighted by atomic mass is 16.5. The number of nitrogens with one attached hydrogen (secondary N) is 1. The number of carbonyl (C=O) groups excluding carboxylic acids is 2. The van der Waals surface area contributed by atoms with Gasteiger partial charge in [0.25, 0.3) is 0 Å². The van der Waals surface area contributed by atoms with Crippen molar-refractivity contribution in [2.45, 2.75) is 77.4 Å². The Morgan fingerprint density at radius 1 is 1.11 bits per heavy atom. The molecule has 35 heavy (non-hydrogen) atoms. The van der Waals surface area contributed by atoms with E-state index in [1.807, 2.05) is 50.2 Å². The second-order valence-corrected chi connectivity index (χ2v) is 9.79. The highest BCUT2D eigenvalue weighted by molar-refractivity contribution is 5.99. The lowest BCUT2D eigenvalue weighted by molar-refractivity contribution is -0.146. The van der Waals surface area contributed by atoms with E-state index in [0.29, 0.717) is 31.2 Å². The van der Waals surface area contributed by atoms with Crippen LogP contribution in [0.5, 0.6) is 5.75 Å². The lowest BCUT2D eigenvalue weighted by Crippen LogP contribution is -2.54. The minimum Gasteiger partial charge on any atom is -0.489 e. The smallest absolute Gasteiger partial charge is 0.323 e. The summed E-state index contributed by atoms with van der Waals surface area (Å²) in [5.41, 5.74) is 2.96. The van der Waals surface area contributed by atoms with Crippen molar-refractivity contribution in [3.05, 3.63) is 59.7 Å². The number of anilines is 1. The molecule has 188 valence electrons. The highest BCUT2D eigenvalue weighted by Crippen LogP contribution is 2.33. The highest BCUT2D eigenvalue weighted by Gasteiger charge is 2.35. The molecule has 1 amide bonds. The molecule has 1 heterocycles. The first-order chi connectivity index (χ1) is 17.0. The third kappa shape index (κ3) is 6.63. The standard InChI is InChI=1S/C29H38N2O4/c1-3-34-29(33)24(18-17-22-9-5-4-6-10-22)30-25-20-35-27-12-8-7-11-26(27)31(28(25)32)19-23-15-13-21(2)14-16-23/h7-8,11-16,22,24-25,30H,3-6,9-10,17-20H2,1-2H3/t24-,25-/m0/s1. The van der Waals surface area contributed by atoms with Gasteiger partial charge in [-0.05, 0) is 50.3 Å². The number of esters is 1. The van der Waals surface area contributed by atoms with E-state index in [0.717, 1.165) is 17.7 Å². The summed E-state index contributed by atoms with van der Waals surface area (Å²) in [4.78, 5) is 28.5. The molecule has 6 heteroatoms. The molecular weight excluding hydrogens is 440 g/mol. The Hall–Kier alpha value is -2.86. The van der Waals surface area contributed by atoms with Crippen LogP contribution in [0.4, 0.5) is 5.69 Å². The minimum absolute atomic E-state index is 0.0949. The molecule has 0 spiro atoms. The van der Waals surface area contributed by atoms with E-state index in [2.05, 4.69) is 17.4 Å². The number of nitrogens with zero attached hydrogens (tertiary/aromatic N) is 1. The molecule has 2 aromatic rings. The summed E-state index contributed by atoms with van der Waals surface area (Å²) < 4.78 is 11.5. The van der Waals surface area contributed by atoms with Gasteiger partial charge in [-0.3, -0.25) is 14.9 Å². The van der Waals surface area contributed by atoms with Crippen LogP contribution in [-0.2, 0) is 20.9 Å². The fraction of sp³-hybridized carbons (Fsp3) is 0.517. The summed E-state index contributed by atoms with van der Waals surface area (Å²) in [6.07, 6.45) is 7.92. The van der Waals surface area contributed by atoms with Gasteiger partial charge in [0.2, 0.25) is 5.91 Å². The summed E-state index contributed by atoms with van der Waals surface area (Å²) in [6, 6.07) is 14.6. The van der Waals surface area contributed by atoms with Gasteiger partial charge in [-0.2, -0.15) is 0 Å². The van der Waals surface area contributed by atoms with E-state index in [-0.39, 0.29) is 18.5 Å². The SMILES string of the molecule is CCOC(=O)[C@H](CCC1CCCCC1)N[C@H]1COc2ccccc2N(Cc2ccc(C)cc2)C1=O. The van der Waals surface area contributed by atoms with Crippen LogP contribution >= 0.6 is 0 Å². The Labute approximate surface area is 209 Å². The lowest BCUT2D eigenvalue weighted by atomic mass is 9.85. The van der Waals surface area contributed by atoms with Crippen LogP contribution in [0.2, 0.25) is 0 Å². The van der Waals surface area contributed by atoms with Gasteiger partial charge in [-0.1, -0.05) is 74.1 Å². The molecule has 1 aliphatic heterocycles. The van der Waals surface area contributed by atoms with Gasteiger partial charge >= 0.3 is 5.97 Å². The van der Waals surface area contributed by atoms with Crippen LogP contribution in [0.1, 0.15) is 63.0 Å². The summed E-state index contributed by atoms with van der Waals surface area (Å²) in [5, 5.41) is 3.34. The number of ether oxygens (including phenoxy) is 2. The average molecular weight is 479 g/mol. The van der Waals surface area contributed by atoms with Gasteiger partial charge in [0.15, 0.2) is 0 Å². The normalized spacial score (nSPS) is 19.4. The molecule has 6 nitrogen and oxygen atoms in total. The predicted octanol–water partition coefficient (Wildman–Crippen LogP) is 5.17. The molecule has 0 aromatic heterocycles. The zero-order valence-electron chi connectivity index (χ0n) is 21.0. The van der Waals surface area contributed by atoms with Crippen molar-refractivity contribution in [1.29, 1.82) is 0 Å². The number of benzene rings is 2. The van der Waals surface area contributed by atoms with Gasteiger partial charge in [-0.25, -0.2) is 0 Å². The van der Waals surface area contributed by atoms with Crippen LogP contribution in [0.3, 0.4) is 0 Å². The van der Waals surface area contributed by atoms with E-state index in [1.54, 1.807) is 4.90 Å². The maximum absolute atomic E-state index is 13.8. The molecule has 0 bridgehead atoms. The number of aryl methyl sites for hydroxylation is 1. The van der Waals surface area contributed by atoms with E-state index in [1.165, 1.54) is 37.7 Å². The minimum atomic E-state index is -0.645. The Morgan fingerprint density at radius 2 is 1.86 bits per heavy atom. The van der Waals surface area contributed by atoms with Gasteiger partial charge in [0.05, 0.1) is 18.8 Å². The van der Waals surface area contributed by atoms with Gasteiger partial charge in [0.1, 0.15) is 24.4 Å². The second kappa shape index (κ2) is 12.2. The Morgan fingerprint density at radius 3 is 2.60 bits per heavy atom. The summed E-state index contributed by atoms with van der Waals surface area (Å²) in [5.74, 6) is 0.934. The average Bonchev–Trinajstić information content (AvgIpc) is 3.00. The molecule has 4 rings (SSSR count). The number of carbonyl (C=O) groups is 2. The molecular formula is C29H38N2O4. The van der Waals surface area contributed by atoms with E-state index < -0.39 is 12.1 Å². The lowest BCUT2D eigenvalue weighted by Gasteiger charge is -2.28. The predicted molar refractivity (Wildman–Crippen MR) is 137 cm³/mol. The fourth-order valence-corrected chi connectivity index (χ4v) is 5.15. The van der Waals surface area contributed by atoms with Crippen molar-refractivity contribution < 1.29 is 19.1 Å². The third-order valence-corrected chi connectivity index (χ3v) is 7.15. The Kier molecular flexibility index (Phi) is 8.80. The largest absolute Gasteiger partial charge is 0.489 e. The summed E-state index contributed by atoms with van der Waals surface area (Å²) in [6.45, 7) is 4.78. The van der Waals surface area contributed by atoms with Crippen LogP contribution in [0.15, 0.2) is 48.5 Å². The van der Waals surface area contributed by atoms with E-state index in [9.17, 15) is 9.59 Å². The van der Waals surface area contributed by atoms with Gasteiger partial charge in [-0.15, -0.1) is 0 Å². The van der Waals surface area contributed by atoms with Gasteiger partial charge < -0.3 is 14.4 Å². The van der Waals surface area contributed by atoms with Crippen molar-refractivity contribution in [2.75, 3.05) is 18.1 Å². The number of amides is 1. The second-order valence-electron chi connectivity index (χ2n) is 9.79. The topological polar surface area (TPSA) is 67.9 Å². The molecule has 0 saturated heterocycles. The fourth-order valence-electron chi connectivity index (χ4n) is 5.15. The monoisotopic (exact) mass is 478 g/mol.